The Kier molecular flexibility index (Phi) is 4.10. The van der Waals surface area contributed by atoms with Crippen LogP contribution in [0.2, 0.25) is 5.02 Å². The third-order valence-electron chi connectivity index (χ3n) is 2.88. The molecule has 0 aliphatic heterocycles. The molecule has 0 aliphatic rings. The Hall–Kier alpha value is -1.30. The van der Waals surface area contributed by atoms with E-state index in [1.54, 1.807) is 11.3 Å². The van der Waals surface area contributed by atoms with Gasteiger partial charge in [-0.25, -0.2) is 0 Å². The zero-order chi connectivity index (χ0) is 13.9. The first-order chi connectivity index (χ1) is 9.74. The number of aromatic amines is 1. The van der Waals surface area contributed by atoms with Gasteiger partial charge in [-0.1, -0.05) is 33.6 Å². The van der Waals surface area contributed by atoms with Gasteiger partial charge in [0.05, 0.1) is 27.5 Å². The molecule has 0 atom stereocenters. The summed E-state index contributed by atoms with van der Waals surface area (Å²) < 4.78 is 0.995. The van der Waals surface area contributed by atoms with Crippen LogP contribution in [0.1, 0.15) is 5.56 Å². The van der Waals surface area contributed by atoms with E-state index in [9.17, 15) is 0 Å². The molecule has 0 fully saturated rings. The lowest BCUT2D eigenvalue weighted by molar-refractivity contribution is 1.10. The second kappa shape index (κ2) is 5.99. The van der Waals surface area contributed by atoms with Crippen molar-refractivity contribution in [3.63, 3.8) is 0 Å². The van der Waals surface area contributed by atoms with Gasteiger partial charge in [-0.2, -0.15) is 5.10 Å². The first-order valence-electron chi connectivity index (χ1n) is 5.99. The van der Waals surface area contributed by atoms with Crippen LogP contribution in [0, 0.1) is 0 Å². The molecule has 1 aromatic carbocycles. The first kappa shape index (κ1) is 13.7. The Morgan fingerprint density at radius 3 is 3.05 bits per heavy atom. The molecule has 2 aromatic heterocycles. The molecule has 20 heavy (non-hydrogen) atoms. The lowest BCUT2D eigenvalue weighted by atomic mass is 10.2. The van der Waals surface area contributed by atoms with Crippen LogP contribution in [0.4, 0.5) is 5.69 Å². The number of aromatic nitrogens is 2. The zero-order valence-corrected chi connectivity index (χ0v) is 13.5. The Labute approximate surface area is 134 Å². The van der Waals surface area contributed by atoms with Gasteiger partial charge >= 0.3 is 0 Å². The highest BCUT2D eigenvalue weighted by Crippen LogP contribution is 2.29. The van der Waals surface area contributed by atoms with Crippen molar-refractivity contribution in [2.45, 2.75) is 6.54 Å². The number of benzene rings is 1. The van der Waals surface area contributed by atoms with Gasteiger partial charge in [-0.3, -0.25) is 5.10 Å². The van der Waals surface area contributed by atoms with Crippen molar-refractivity contribution in [2.75, 3.05) is 5.32 Å². The molecule has 2 N–H and O–H groups in total. The van der Waals surface area contributed by atoms with Gasteiger partial charge in [-0.15, -0.1) is 11.3 Å². The summed E-state index contributed by atoms with van der Waals surface area (Å²) in [5.41, 5.74) is 3.07. The third kappa shape index (κ3) is 2.90. The summed E-state index contributed by atoms with van der Waals surface area (Å²) >= 11 is 11.3. The van der Waals surface area contributed by atoms with Crippen molar-refractivity contribution in [1.82, 2.24) is 10.2 Å². The van der Waals surface area contributed by atoms with E-state index in [1.165, 1.54) is 4.88 Å². The zero-order valence-electron chi connectivity index (χ0n) is 10.4. The van der Waals surface area contributed by atoms with Gasteiger partial charge in [0.2, 0.25) is 0 Å². The fraction of sp³-hybridized carbons (Fsp3) is 0.0714. The number of anilines is 1. The lowest BCUT2D eigenvalue weighted by Gasteiger charge is -2.08. The van der Waals surface area contributed by atoms with Gasteiger partial charge in [0, 0.05) is 16.6 Å². The van der Waals surface area contributed by atoms with Crippen molar-refractivity contribution in [3.8, 4) is 10.6 Å². The smallest absolute Gasteiger partial charge is 0.0799 e. The topological polar surface area (TPSA) is 40.7 Å². The standard InChI is InChI=1S/C14H11BrClN3S/c15-10-3-4-11(16)12(6-10)17-7-9-8-18-19-14(9)13-2-1-5-20-13/h1-6,8,17H,7H2,(H,18,19). The fourth-order valence-electron chi connectivity index (χ4n) is 1.90. The van der Waals surface area contributed by atoms with Crippen LogP contribution in [-0.4, -0.2) is 10.2 Å². The van der Waals surface area contributed by atoms with Crippen molar-refractivity contribution < 1.29 is 0 Å². The number of rotatable bonds is 4. The second-order valence-electron chi connectivity index (χ2n) is 4.23. The van der Waals surface area contributed by atoms with E-state index >= 15 is 0 Å². The van der Waals surface area contributed by atoms with Crippen LogP contribution in [0.5, 0.6) is 0 Å². The molecule has 0 aliphatic carbocycles. The molecule has 3 nitrogen and oxygen atoms in total. The maximum Gasteiger partial charge on any atom is 0.0799 e. The molecule has 3 aromatic rings. The highest BCUT2D eigenvalue weighted by atomic mass is 79.9. The van der Waals surface area contributed by atoms with Crippen molar-refractivity contribution >= 4 is 44.6 Å². The number of thiophene rings is 1. The van der Waals surface area contributed by atoms with Crippen LogP contribution in [-0.2, 0) is 6.54 Å². The third-order valence-corrected chi connectivity index (χ3v) is 4.59. The van der Waals surface area contributed by atoms with E-state index in [2.05, 4.69) is 42.9 Å². The summed E-state index contributed by atoms with van der Waals surface area (Å²) in [6, 6.07) is 9.86. The van der Waals surface area contributed by atoms with E-state index in [0.717, 1.165) is 21.4 Å². The van der Waals surface area contributed by atoms with Crippen molar-refractivity contribution in [1.29, 1.82) is 0 Å². The Balaban J connectivity index is 1.79. The van der Waals surface area contributed by atoms with E-state index in [1.807, 2.05) is 30.5 Å². The Bertz CT molecular complexity index is 709. The van der Waals surface area contributed by atoms with E-state index in [0.29, 0.717) is 11.6 Å². The van der Waals surface area contributed by atoms with Gasteiger partial charge in [-0.05, 0) is 29.6 Å². The van der Waals surface area contributed by atoms with Crippen LogP contribution >= 0.6 is 38.9 Å². The molecule has 0 amide bonds. The van der Waals surface area contributed by atoms with Crippen LogP contribution < -0.4 is 5.32 Å². The van der Waals surface area contributed by atoms with Crippen LogP contribution in [0.25, 0.3) is 10.6 Å². The minimum atomic E-state index is 0.667. The van der Waals surface area contributed by atoms with Crippen molar-refractivity contribution in [3.05, 3.63) is 57.0 Å². The summed E-state index contributed by atoms with van der Waals surface area (Å²) in [5.74, 6) is 0. The predicted molar refractivity (Wildman–Crippen MR) is 88.4 cm³/mol. The van der Waals surface area contributed by atoms with Gasteiger partial charge < -0.3 is 5.32 Å². The average molecular weight is 369 g/mol. The second-order valence-corrected chi connectivity index (χ2v) is 6.50. The lowest BCUT2D eigenvalue weighted by Crippen LogP contribution is -2.00. The predicted octanol–water partition coefficient (Wildman–Crippen LogP) is 5.17. The molecule has 0 saturated heterocycles. The maximum atomic E-state index is 6.17. The molecule has 0 spiro atoms. The number of halogens is 2. The summed E-state index contributed by atoms with van der Waals surface area (Å²) in [6.45, 7) is 0.667. The fourth-order valence-corrected chi connectivity index (χ4v) is 3.20. The number of nitrogens with one attached hydrogen (secondary N) is 2. The van der Waals surface area contributed by atoms with Gasteiger partial charge in [0.25, 0.3) is 0 Å². The molecule has 0 unspecified atom stereocenters. The molecule has 0 bridgehead atoms. The minimum absolute atomic E-state index is 0.667. The summed E-state index contributed by atoms with van der Waals surface area (Å²) in [4.78, 5) is 1.18. The molecule has 3 rings (SSSR count). The Morgan fingerprint density at radius 2 is 2.25 bits per heavy atom. The monoisotopic (exact) mass is 367 g/mol. The number of hydrogen-bond acceptors (Lipinski definition) is 3. The summed E-state index contributed by atoms with van der Waals surface area (Å²) in [7, 11) is 0. The molecule has 2 heterocycles. The summed E-state index contributed by atoms with van der Waals surface area (Å²) in [6.07, 6.45) is 1.84. The van der Waals surface area contributed by atoms with E-state index in [-0.39, 0.29) is 0 Å². The molecular weight excluding hydrogens is 358 g/mol. The normalized spacial score (nSPS) is 10.7. The highest BCUT2D eigenvalue weighted by molar-refractivity contribution is 9.10. The molecule has 0 saturated carbocycles. The number of H-pyrrole nitrogens is 1. The largest absolute Gasteiger partial charge is 0.380 e. The average Bonchev–Trinajstić information content (AvgIpc) is 3.09. The van der Waals surface area contributed by atoms with Crippen LogP contribution in [0.3, 0.4) is 0 Å². The van der Waals surface area contributed by atoms with Crippen LogP contribution in [0.15, 0.2) is 46.4 Å². The van der Waals surface area contributed by atoms with Gasteiger partial charge in [0.1, 0.15) is 0 Å². The van der Waals surface area contributed by atoms with E-state index in [4.69, 9.17) is 11.6 Å². The van der Waals surface area contributed by atoms with E-state index < -0.39 is 0 Å². The first-order valence-corrected chi connectivity index (χ1v) is 8.04. The number of nitrogens with zero attached hydrogens (tertiary/aromatic N) is 1. The Morgan fingerprint density at radius 1 is 1.35 bits per heavy atom. The molecule has 6 heteroatoms. The summed E-state index contributed by atoms with van der Waals surface area (Å²) in [5, 5.41) is 13.3. The quantitative estimate of drug-likeness (QED) is 0.667. The minimum Gasteiger partial charge on any atom is -0.380 e. The van der Waals surface area contributed by atoms with Crippen molar-refractivity contribution in [2.24, 2.45) is 0 Å². The van der Waals surface area contributed by atoms with Gasteiger partial charge in [0.15, 0.2) is 0 Å². The highest BCUT2D eigenvalue weighted by Gasteiger charge is 2.09. The molecule has 0 radical (unpaired) electrons. The SMILES string of the molecule is Clc1ccc(Br)cc1NCc1cn[nH]c1-c1cccs1. The maximum absolute atomic E-state index is 6.17. The molecule has 102 valence electrons. The molecular formula is C14H11BrClN3S. The number of hydrogen-bond donors (Lipinski definition) is 2.